The van der Waals surface area contributed by atoms with Crippen molar-refractivity contribution in [3.8, 4) is 0 Å². The standard InChI is InChI=1S/C18H29N3O2/c1-20(12-18(13-22)14-23-15-18)17-6-10-21(11-7-17)9-5-16-4-2-3-8-19-16/h2-4,8,17,22H,5-7,9-15H2,1H3. The number of hydrogen-bond donors (Lipinski definition) is 1. The number of piperidine rings is 1. The van der Waals surface area contributed by atoms with Crippen molar-refractivity contribution >= 4 is 0 Å². The van der Waals surface area contributed by atoms with E-state index in [9.17, 15) is 5.11 Å². The molecule has 3 heterocycles. The van der Waals surface area contributed by atoms with Crippen LogP contribution in [0.1, 0.15) is 18.5 Å². The van der Waals surface area contributed by atoms with Crippen molar-refractivity contribution in [1.82, 2.24) is 14.8 Å². The van der Waals surface area contributed by atoms with E-state index in [1.807, 2.05) is 12.3 Å². The average molecular weight is 319 g/mol. The summed E-state index contributed by atoms with van der Waals surface area (Å²) in [4.78, 5) is 9.39. The summed E-state index contributed by atoms with van der Waals surface area (Å²) in [5.74, 6) is 0. The molecule has 128 valence electrons. The molecule has 3 rings (SSSR count). The van der Waals surface area contributed by atoms with Crippen molar-refractivity contribution < 1.29 is 9.84 Å². The Morgan fingerprint density at radius 1 is 1.35 bits per heavy atom. The molecule has 5 nitrogen and oxygen atoms in total. The van der Waals surface area contributed by atoms with E-state index in [4.69, 9.17) is 4.74 Å². The third-order valence-corrected chi connectivity index (χ3v) is 5.33. The Morgan fingerprint density at radius 3 is 2.70 bits per heavy atom. The fourth-order valence-corrected chi connectivity index (χ4v) is 3.68. The minimum atomic E-state index is -0.00906. The quantitative estimate of drug-likeness (QED) is 0.813. The SMILES string of the molecule is CN(CC1(CO)COC1)C1CCN(CCc2ccccn2)CC1. The van der Waals surface area contributed by atoms with Crippen LogP contribution in [0.5, 0.6) is 0 Å². The number of likely N-dealkylation sites (tertiary alicyclic amines) is 1. The first kappa shape index (κ1) is 16.8. The van der Waals surface area contributed by atoms with Crippen LogP contribution in [0.15, 0.2) is 24.4 Å². The Balaban J connectivity index is 1.39. The van der Waals surface area contributed by atoms with Gasteiger partial charge in [-0.2, -0.15) is 0 Å². The van der Waals surface area contributed by atoms with E-state index in [-0.39, 0.29) is 12.0 Å². The number of pyridine rings is 1. The smallest absolute Gasteiger partial charge is 0.0579 e. The lowest BCUT2D eigenvalue weighted by Crippen LogP contribution is -2.55. The van der Waals surface area contributed by atoms with Gasteiger partial charge in [-0.25, -0.2) is 0 Å². The fraction of sp³-hybridized carbons (Fsp3) is 0.722. The molecule has 23 heavy (non-hydrogen) atoms. The highest BCUT2D eigenvalue weighted by Gasteiger charge is 2.40. The molecule has 1 aromatic rings. The van der Waals surface area contributed by atoms with E-state index in [1.54, 1.807) is 0 Å². The number of aliphatic hydroxyl groups excluding tert-OH is 1. The maximum atomic E-state index is 9.58. The van der Waals surface area contributed by atoms with Gasteiger partial charge in [-0.3, -0.25) is 4.98 Å². The van der Waals surface area contributed by atoms with Crippen molar-refractivity contribution in [3.63, 3.8) is 0 Å². The zero-order chi connectivity index (χ0) is 16.1. The zero-order valence-corrected chi connectivity index (χ0v) is 14.2. The molecule has 0 saturated carbocycles. The van der Waals surface area contributed by atoms with Crippen LogP contribution in [0, 0.1) is 5.41 Å². The zero-order valence-electron chi connectivity index (χ0n) is 14.2. The van der Waals surface area contributed by atoms with Gasteiger partial charge in [-0.15, -0.1) is 0 Å². The summed E-state index contributed by atoms with van der Waals surface area (Å²) < 4.78 is 5.31. The molecule has 0 spiro atoms. The molecule has 2 saturated heterocycles. The largest absolute Gasteiger partial charge is 0.396 e. The van der Waals surface area contributed by atoms with Gasteiger partial charge >= 0.3 is 0 Å². The van der Waals surface area contributed by atoms with Gasteiger partial charge in [0.05, 0.1) is 25.2 Å². The Labute approximate surface area is 139 Å². The number of hydrogen-bond acceptors (Lipinski definition) is 5. The first-order valence-corrected chi connectivity index (χ1v) is 8.72. The van der Waals surface area contributed by atoms with Crippen LogP contribution in [0.3, 0.4) is 0 Å². The molecule has 2 aliphatic rings. The molecule has 5 heteroatoms. The maximum Gasteiger partial charge on any atom is 0.0579 e. The number of rotatable bonds is 7. The molecule has 0 atom stereocenters. The van der Waals surface area contributed by atoms with Crippen LogP contribution in [0.4, 0.5) is 0 Å². The normalized spacial score (nSPS) is 22.2. The fourth-order valence-electron chi connectivity index (χ4n) is 3.68. The van der Waals surface area contributed by atoms with Crippen molar-refractivity contribution in [1.29, 1.82) is 0 Å². The van der Waals surface area contributed by atoms with Gasteiger partial charge in [-0.05, 0) is 45.1 Å². The average Bonchev–Trinajstić information content (AvgIpc) is 2.57. The van der Waals surface area contributed by atoms with Crippen LogP contribution in [-0.4, -0.2) is 79.0 Å². The third-order valence-electron chi connectivity index (χ3n) is 5.33. The molecule has 1 aromatic heterocycles. The first-order valence-electron chi connectivity index (χ1n) is 8.72. The predicted molar refractivity (Wildman–Crippen MR) is 90.4 cm³/mol. The molecular weight excluding hydrogens is 290 g/mol. The minimum Gasteiger partial charge on any atom is -0.396 e. The monoisotopic (exact) mass is 319 g/mol. The van der Waals surface area contributed by atoms with Gasteiger partial charge in [0.1, 0.15) is 0 Å². The van der Waals surface area contributed by atoms with E-state index in [2.05, 4.69) is 34.0 Å². The summed E-state index contributed by atoms with van der Waals surface area (Å²) in [6, 6.07) is 6.77. The molecule has 2 aliphatic heterocycles. The Hall–Kier alpha value is -1.01. The molecule has 0 unspecified atom stereocenters. The van der Waals surface area contributed by atoms with Gasteiger partial charge in [0, 0.05) is 37.4 Å². The highest BCUT2D eigenvalue weighted by atomic mass is 16.5. The summed E-state index contributed by atoms with van der Waals surface area (Å²) in [5, 5.41) is 9.58. The second kappa shape index (κ2) is 7.71. The molecule has 0 bridgehead atoms. The lowest BCUT2D eigenvalue weighted by molar-refractivity contribution is -0.150. The topological polar surface area (TPSA) is 48.8 Å². The van der Waals surface area contributed by atoms with Crippen LogP contribution < -0.4 is 0 Å². The van der Waals surface area contributed by atoms with Crippen molar-refractivity contribution in [2.45, 2.75) is 25.3 Å². The Kier molecular flexibility index (Phi) is 5.64. The molecule has 2 fully saturated rings. The predicted octanol–water partition coefficient (Wildman–Crippen LogP) is 1.03. The van der Waals surface area contributed by atoms with Crippen LogP contribution in [0.2, 0.25) is 0 Å². The second-order valence-electron chi connectivity index (χ2n) is 7.21. The van der Waals surface area contributed by atoms with Gasteiger partial charge < -0.3 is 19.6 Å². The van der Waals surface area contributed by atoms with E-state index in [0.717, 1.165) is 32.6 Å². The molecular formula is C18H29N3O2. The molecule has 0 radical (unpaired) electrons. The number of aliphatic hydroxyl groups is 1. The maximum absolute atomic E-state index is 9.58. The summed E-state index contributed by atoms with van der Waals surface area (Å²) in [7, 11) is 2.20. The Bertz CT molecular complexity index is 465. The lowest BCUT2D eigenvalue weighted by atomic mass is 9.85. The van der Waals surface area contributed by atoms with E-state index >= 15 is 0 Å². The number of ether oxygens (including phenoxy) is 1. The van der Waals surface area contributed by atoms with Crippen molar-refractivity contribution in [3.05, 3.63) is 30.1 Å². The highest BCUT2D eigenvalue weighted by molar-refractivity contribution is 5.03. The molecule has 0 aromatic carbocycles. The lowest BCUT2D eigenvalue weighted by Gasteiger charge is -2.45. The van der Waals surface area contributed by atoms with Gasteiger partial charge in [0.25, 0.3) is 0 Å². The van der Waals surface area contributed by atoms with E-state index in [0.29, 0.717) is 19.3 Å². The van der Waals surface area contributed by atoms with E-state index in [1.165, 1.54) is 18.5 Å². The summed E-state index contributed by atoms with van der Waals surface area (Å²) in [6.45, 7) is 6.01. The summed E-state index contributed by atoms with van der Waals surface area (Å²) in [5.41, 5.74) is 1.17. The third kappa shape index (κ3) is 4.29. The highest BCUT2D eigenvalue weighted by Crippen LogP contribution is 2.29. The van der Waals surface area contributed by atoms with Gasteiger partial charge in [0.2, 0.25) is 0 Å². The van der Waals surface area contributed by atoms with Crippen LogP contribution in [0.25, 0.3) is 0 Å². The van der Waals surface area contributed by atoms with Crippen LogP contribution >= 0.6 is 0 Å². The summed E-state index contributed by atoms with van der Waals surface area (Å²) >= 11 is 0. The van der Waals surface area contributed by atoms with Crippen molar-refractivity contribution in [2.24, 2.45) is 5.41 Å². The van der Waals surface area contributed by atoms with Crippen LogP contribution in [-0.2, 0) is 11.2 Å². The molecule has 0 amide bonds. The van der Waals surface area contributed by atoms with Crippen molar-refractivity contribution in [2.75, 3.05) is 53.0 Å². The number of nitrogens with zero attached hydrogens (tertiary/aromatic N) is 3. The van der Waals surface area contributed by atoms with Gasteiger partial charge in [-0.1, -0.05) is 6.07 Å². The molecule has 1 N–H and O–H groups in total. The second-order valence-corrected chi connectivity index (χ2v) is 7.21. The first-order chi connectivity index (χ1) is 11.2. The minimum absolute atomic E-state index is 0.00906. The van der Waals surface area contributed by atoms with E-state index < -0.39 is 0 Å². The summed E-state index contributed by atoms with van der Waals surface area (Å²) in [6.07, 6.45) is 5.33. The number of aromatic nitrogens is 1. The molecule has 0 aliphatic carbocycles. The Morgan fingerprint density at radius 2 is 2.13 bits per heavy atom. The van der Waals surface area contributed by atoms with Gasteiger partial charge in [0.15, 0.2) is 0 Å².